The second-order valence-electron chi connectivity index (χ2n) is 26.2. The largest absolute Gasteiger partial charge is 0.493 e. The van der Waals surface area contributed by atoms with Crippen molar-refractivity contribution in [1.29, 1.82) is 0 Å². The Hall–Kier alpha value is -7.16. The van der Waals surface area contributed by atoms with Gasteiger partial charge in [-0.3, -0.25) is 38.8 Å². The van der Waals surface area contributed by atoms with Crippen LogP contribution in [0.25, 0.3) is 0 Å². The van der Waals surface area contributed by atoms with E-state index in [2.05, 4.69) is 0 Å². The normalized spacial score (nSPS) is 49.8. The van der Waals surface area contributed by atoms with E-state index in [-0.39, 0.29) is 82.1 Å². The van der Waals surface area contributed by atoms with Crippen molar-refractivity contribution >= 4 is 23.9 Å². The van der Waals surface area contributed by atoms with Gasteiger partial charge in [-0.15, -0.1) is 0 Å². The molecule has 24 heteroatoms. The number of esters is 4. The third-order valence-corrected chi connectivity index (χ3v) is 18.0. The number of carbonyl (C=O) groups excluding carboxylic acids is 4. The molecule has 0 aliphatic carbocycles. The summed E-state index contributed by atoms with van der Waals surface area (Å²) in [6, 6.07) is -21.2. The summed E-state index contributed by atoms with van der Waals surface area (Å²) in [6.45, 7) is -64.1. The minimum atomic E-state index is -4.30. The van der Waals surface area contributed by atoms with E-state index < -0.39 is 401 Å². The second kappa shape index (κ2) is 43.9. The first-order valence-corrected chi connectivity index (χ1v) is 35.6. The van der Waals surface area contributed by atoms with Gasteiger partial charge in [0.25, 0.3) is 0 Å². The van der Waals surface area contributed by atoms with Crippen molar-refractivity contribution in [2.45, 2.75) is 259 Å². The van der Waals surface area contributed by atoms with Crippen LogP contribution in [0.15, 0.2) is 48.5 Å². The number of nitrogens with zero attached hydrogens (tertiary/aromatic N) is 4. The van der Waals surface area contributed by atoms with Crippen molar-refractivity contribution in [3.05, 3.63) is 93.0 Å². The van der Waals surface area contributed by atoms with Crippen LogP contribution in [-0.4, -0.2) is 201 Å². The van der Waals surface area contributed by atoms with Crippen LogP contribution in [0.2, 0.25) is 0 Å². The van der Waals surface area contributed by atoms with Crippen molar-refractivity contribution in [3.8, 4) is 46.0 Å². The first kappa shape index (κ1) is 33.0. The molecule has 8 heterocycles. The number of ether oxygens (including phenoxy) is 12. The number of benzene rings is 4. The summed E-state index contributed by atoms with van der Waals surface area (Å²) in [5.74, 6) is -60.3. The molecule has 0 radical (unpaired) electrons. The number of carbonyl (C=O) groups is 4. The van der Waals surface area contributed by atoms with Crippen LogP contribution in [0, 0.1) is 70.7 Å². The molecule has 21 atom stereocenters. The van der Waals surface area contributed by atoms with E-state index in [1.807, 2.05) is 0 Å². The number of methoxy groups -OCH3 is 8. The fourth-order valence-electron chi connectivity index (χ4n) is 12.5. The quantitative estimate of drug-likeness (QED) is 0.0303. The molecule has 0 bridgehead atoms. The van der Waals surface area contributed by atoms with Crippen LogP contribution in [0.5, 0.6) is 46.0 Å². The molecule has 0 amide bonds. The highest BCUT2D eigenvalue weighted by Crippen LogP contribution is 2.50. The Labute approximate surface area is 839 Å². The highest BCUT2D eigenvalue weighted by Gasteiger charge is 2.47. The van der Waals surface area contributed by atoms with Gasteiger partial charge in [0, 0.05) is 223 Å². The third-order valence-electron chi connectivity index (χ3n) is 18.0. The Morgan fingerprint density at radius 2 is 0.617 bits per heavy atom. The zero-order chi connectivity index (χ0) is 163. The van der Waals surface area contributed by atoms with Crippen molar-refractivity contribution in [1.82, 2.24) is 19.6 Å². The molecule has 672 valence electrons. The number of nitrogens with two attached hydrogens (primary N) is 4. The summed E-state index contributed by atoms with van der Waals surface area (Å²) in [5.41, 5.74) is 20.9. The van der Waals surface area contributed by atoms with Gasteiger partial charge in [0.15, 0.2) is 46.0 Å². The molecule has 17 unspecified atom stereocenters. The summed E-state index contributed by atoms with van der Waals surface area (Å²) < 4.78 is 782. The molecule has 0 spiro atoms. The minimum Gasteiger partial charge on any atom is -0.493 e. The SMILES string of the molecule is [2H]C([2H])([2H])C([2H])(C)C([2H])([2H])C1([2H])C(OC(=O)[C@@]([2H])(N)C([2H])(C([2H])([2H])[2H])C([2H])([2H])[2H])C([2H])([2H])C2([2H])c3cc(OC)c(OC)cc3CCN2C1([2H])[2H].[2H]C([2H])([2H])Oc1cc2c(cc1OC)C1([2H])N(CC2)C([2H])([2H])C([2H])(C([2H])([2H])C([2H])(C)C([2H])([2H])[2H])C(OC(=O)[C@@]([2H])(N)C([2H])(C([2H])([2H])[2H])C([2H])([2H])[2H])C1([2H])[2H].[2H]C([2H])([2H])Oc1cc2c(cc1OC)C1([2H])N(CC2)C([2H])([2H])C([2H])(C([2H])([2H])C([2H])(C)C([2H])([2H])[2H])C(OC(=O)[C@@]([2H])(N)C([2H])(C([2H])([2H])[2H])C([2H])([2H])[2H])C1([2H])[2H].[2H]C1C2([2H])c3cc(OC)c(OC)cc3CCN2C([2H])([2H])C([2H])(C([2H])([2H])C([2H])(C)C([2H])([2H])[2H])C1([2H])OC(=O)[C@@]([2H])(N)C([2H])(C([2H])([2H])[2H])C([2H])([2H])[2H]. The third kappa shape index (κ3) is 23.8. The molecule has 8 aliphatic rings. The number of hydrogen-bond donors (Lipinski definition) is 4. The standard InChI is InChI=1S/4C24H38N2O4/c4*1-14(2)9-17-13-26-8-7-16-10-21(28-5)22(29-6)11-18(16)19(26)12-20(17)30-24(27)23(25)15(3)4/h4*10-11,14-15,17,19-20,23H,7-9,12-13,25H2,1-6H3/t4*17?,19?,20?,23-/m0000/s1/i1D3,3D3,4D3,9D2,12D,13D2,14D,15D,17D,19D,20D,23D;2*1D3,3D3,4D3,5D3,9D2,12D2,13D2,14D,15D,17D,19D,23D;1D3,3D3,4D3,9D2,12D2,13D2,14D,15D,17D,19D,23D/t12?,14?,17?,19?,20?,23-;3*14?,17?,19?,20?,23-. The van der Waals surface area contributed by atoms with Gasteiger partial charge < -0.3 is 79.8 Å². The fourth-order valence-corrected chi connectivity index (χ4v) is 12.5. The molecule has 4 aromatic carbocycles. The Kier molecular flexibility index (Phi) is 12.1. The maximum atomic E-state index is 13.8. The van der Waals surface area contributed by atoms with Crippen LogP contribution >= 0.6 is 0 Å². The predicted molar refractivity (Wildman–Crippen MR) is 471 cm³/mol. The highest BCUT2D eigenvalue weighted by molar-refractivity contribution is 5.77. The Morgan fingerprint density at radius 1 is 0.375 bits per heavy atom. The Bertz CT molecular complexity index is 7740. The van der Waals surface area contributed by atoms with Crippen LogP contribution in [0.4, 0.5) is 0 Å². The summed E-state index contributed by atoms with van der Waals surface area (Å²) in [4.78, 5) is 56.8. The van der Waals surface area contributed by atoms with Gasteiger partial charge in [-0.05, 0) is 191 Å². The lowest BCUT2D eigenvalue weighted by Crippen LogP contribution is -2.51. The van der Waals surface area contributed by atoms with E-state index in [1.54, 1.807) is 0 Å². The van der Waals surface area contributed by atoms with Gasteiger partial charge in [0.05, 0.1) is 77.3 Å². The lowest BCUT2D eigenvalue weighted by atomic mass is 9.79. The van der Waals surface area contributed by atoms with E-state index in [0.29, 0.717) is 47.3 Å². The first-order chi connectivity index (χ1) is 90.2. The lowest BCUT2D eigenvalue weighted by Gasteiger charge is -2.47. The predicted octanol–water partition coefficient (Wildman–Crippen LogP) is 14.3. The summed E-state index contributed by atoms with van der Waals surface area (Å²) in [7, 11) is 0.871. The molecule has 4 aromatic rings. The zero-order valence-corrected chi connectivity index (χ0v) is 66.2. The maximum Gasteiger partial charge on any atom is 0.323 e. The van der Waals surface area contributed by atoms with Crippen LogP contribution < -0.4 is 60.8 Å². The van der Waals surface area contributed by atoms with Crippen molar-refractivity contribution in [2.24, 2.45) is 93.7 Å². The second-order valence-corrected chi connectivity index (χ2v) is 26.2. The Morgan fingerprint density at radius 3 is 0.883 bits per heavy atom. The van der Waals surface area contributed by atoms with Gasteiger partial charge in [-0.1, -0.05) is 110 Å². The maximum absolute atomic E-state index is 13.8. The van der Waals surface area contributed by atoms with Gasteiger partial charge in [-0.25, -0.2) is 0 Å². The van der Waals surface area contributed by atoms with E-state index >= 15 is 0 Å². The van der Waals surface area contributed by atoms with Crippen molar-refractivity contribution < 1.29 is 194 Å². The van der Waals surface area contributed by atoms with E-state index in [1.165, 1.54) is 40.6 Å². The van der Waals surface area contributed by atoms with Crippen LogP contribution in [-0.2, 0) is 63.8 Å². The summed E-state index contributed by atoms with van der Waals surface area (Å²) in [6.07, 6.45) is -47.0. The molecule has 8 N–H and O–H groups in total. The fraction of sp³-hybridized carbons (Fsp3) is 0.708. The highest BCUT2D eigenvalue weighted by atomic mass is 16.6. The first-order valence-electron chi connectivity index (χ1n) is 78.7. The molecule has 12 rings (SSSR count). The summed E-state index contributed by atoms with van der Waals surface area (Å²) in [5, 5.41) is 0. The Balaban J connectivity index is 0.000000297. The van der Waals surface area contributed by atoms with E-state index in [0.717, 1.165) is 50.6 Å². The number of hydrogen-bond acceptors (Lipinski definition) is 24. The lowest BCUT2D eigenvalue weighted by molar-refractivity contribution is -0.161. The van der Waals surface area contributed by atoms with Crippen molar-refractivity contribution in [3.63, 3.8) is 0 Å². The average molecular weight is 1760 g/mol. The van der Waals surface area contributed by atoms with Gasteiger partial charge in [0.1, 0.15) is 48.5 Å². The molecular weight excluding hydrogens is 1520 g/mol. The molecule has 24 nitrogen and oxygen atoms in total. The molecule has 0 saturated carbocycles. The molecule has 8 aliphatic heterocycles. The molecule has 4 saturated heterocycles. The number of piperidine rings is 4. The molecule has 4 fully saturated rings. The van der Waals surface area contributed by atoms with Gasteiger partial charge >= 0.3 is 23.9 Å². The van der Waals surface area contributed by atoms with Gasteiger partial charge in [-0.2, -0.15) is 0 Å². The number of rotatable bonds is 28. The average Bonchev–Trinajstić information content (AvgIpc) is 0.655. The topological polar surface area (TPSA) is 296 Å². The molecule has 0 aromatic heterocycles. The van der Waals surface area contributed by atoms with Crippen LogP contribution in [0.1, 0.15) is 347 Å². The van der Waals surface area contributed by atoms with E-state index in [4.69, 9.17) is 165 Å². The zero-order valence-electron chi connectivity index (χ0n) is 152. The minimum absolute atomic E-state index is 0.0827. The van der Waals surface area contributed by atoms with Crippen LogP contribution in [0.3, 0.4) is 0 Å². The monoisotopic (exact) mass is 1760 g/mol. The summed E-state index contributed by atoms with van der Waals surface area (Å²) >= 11 is 0. The molecule has 120 heavy (non-hydrogen) atoms. The smallest absolute Gasteiger partial charge is 0.323 e. The number of fused-ring (bicyclic) bond motifs is 12. The van der Waals surface area contributed by atoms with Crippen molar-refractivity contribution in [2.75, 3.05) is 109 Å². The molecular formula is C96H152N8O16. The van der Waals surface area contributed by atoms with Gasteiger partial charge in [0.2, 0.25) is 0 Å². The van der Waals surface area contributed by atoms with E-state index in [9.17, 15) is 52.1 Å².